The van der Waals surface area contributed by atoms with Crippen molar-refractivity contribution in [2.24, 2.45) is 0 Å². The SMILES string of the molecule is C1=CC(c2c3c(ccc2=C(c2ccccc2)c2ccccc2)=c2ccccc2=C3)c2c1cccc2-c1ccccc1. The molecular formula is C41H28. The molecule has 41 heavy (non-hydrogen) atoms. The van der Waals surface area contributed by atoms with Gasteiger partial charge in [0.1, 0.15) is 0 Å². The lowest BCUT2D eigenvalue weighted by atomic mass is 9.81. The minimum atomic E-state index is 0.124. The number of fused-ring (bicyclic) bond motifs is 3. The molecule has 0 saturated heterocycles. The highest BCUT2D eigenvalue weighted by atomic mass is 14.3. The Hall–Kier alpha value is -5.20. The summed E-state index contributed by atoms with van der Waals surface area (Å²) in [4.78, 5) is 0. The molecule has 1 unspecified atom stereocenters. The summed E-state index contributed by atoms with van der Waals surface area (Å²) >= 11 is 0. The first-order valence-electron chi connectivity index (χ1n) is 14.3. The first-order chi connectivity index (χ1) is 20.4. The third-order valence-electron chi connectivity index (χ3n) is 8.55. The van der Waals surface area contributed by atoms with Gasteiger partial charge in [0.15, 0.2) is 0 Å². The Labute approximate surface area is 240 Å². The fourth-order valence-electron chi connectivity index (χ4n) is 6.77. The van der Waals surface area contributed by atoms with Crippen LogP contribution in [0.15, 0.2) is 152 Å². The Morgan fingerprint density at radius 3 is 1.88 bits per heavy atom. The first kappa shape index (κ1) is 23.7. The molecule has 0 saturated carbocycles. The Bertz CT molecular complexity index is 2130. The summed E-state index contributed by atoms with van der Waals surface area (Å²) in [6.07, 6.45) is 7.15. The summed E-state index contributed by atoms with van der Waals surface area (Å²) in [5.74, 6) is 0.124. The summed E-state index contributed by atoms with van der Waals surface area (Å²) in [6, 6.07) is 52.8. The molecule has 0 amide bonds. The molecule has 6 aromatic carbocycles. The molecule has 192 valence electrons. The van der Waals surface area contributed by atoms with E-state index < -0.39 is 0 Å². The summed E-state index contributed by atoms with van der Waals surface area (Å²) in [5, 5.41) is 5.21. The third kappa shape index (κ3) is 3.91. The maximum Gasteiger partial charge on any atom is 0.0297 e. The minimum absolute atomic E-state index is 0.124. The smallest absolute Gasteiger partial charge is 0.0297 e. The highest BCUT2D eigenvalue weighted by Crippen LogP contribution is 2.42. The summed E-state index contributed by atoms with van der Waals surface area (Å²) in [6.45, 7) is 0. The van der Waals surface area contributed by atoms with E-state index in [1.54, 1.807) is 0 Å². The van der Waals surface area contributed by atoms with Crippen LogP contribution < -0.4 is 10.4 Å². The van der Waals surface area contributed by atoms with Crippen molar-refractivity contribution in [1.29, 1.82) is 0 Å². The monoisotopic (exact) mass is 520 g/mol. The zero-order valence-electron chi connectivity index (χ0n) is 22.7. The van der Waals surface area contributed by atoms with E-state index in [1.165, 1.54) is 71.0 Å². The van der Waals surface area contributed by atoms with Gasteiger partial charge in [-0.2, -0.15) is 0 Å². The van der Waals surface area contributed by atoms with Crippen molar-refractivity contribution in [3.8, 4) is 11.1 Å². The maximum atomic E-state index is 2.42. The molecule has 0 radical (unpaired) electrons. The van der Waals surface area contributed by atoms with Gasteiger partial charge in [-0.05, 0) is 77.0 Å². The molecule has 6 aromatic rings. The highest BCUT2D eigenvalue weighted by molar-refractivity contribution is 5.84. The number of rotatable bonds is 4. The minimum Gasteiger partial charge on any atom is -0.0720 e. The van der Waals surface area contributed by atoms with Gasteiger partial charge in [0.25, 0.3) is 0 Å². The fourth-order valence-corrected chi connectivity index (χ4v) is 6.77. The van der Waals surface area contributed by atoms with Crippen molar-refractivity contribution in [2.75, 3.05) is 0 Å². The molecule has 0 nitrogen and oxygen atoms in total. The molecule has 8 rings (SSSR count). The van der Waals surface area contributed by atoms with Crippen molar-refractivity contribution >= 4 is 17.7 Å². The van der Waals surface area contributed by atoms with E-state index in [9.17, 15) is 0 Å². The molecule has 0 spiro atoms. The molecule has 0 N–H and O–H groups in total. The van der Waals surface area contributed by atoms with Crippen LogP contribution in [0.25, 0.3) is 28.9 Å². The van der Waals surface area contributed by atoms with Gasteiger partial charge < -0.3 is 0 Å². The van der Waals surface area contributed by atoms with Crippen LogP contribution in [0.3, 0.4) is 0 Å². The quantitative estimate of drug-likeness (QED) is 0.219. The van der Waals surface area contributed by atoms with Gasteiger partial charge in [0.2, 0.25) is 0 Å². The van der Waals surface area contributed by atoms with Crippen molar-refractivity contribution < 1.29 is 0 Å². The van der Waals surface area contributed by atoms with E-state index in [0.29, 0.717) is 0 Å². The average Bonchev–Trinajstić information content (AvgIpc) is 3.64. The lowest BCUT2D eigenvalue weighted by molar-refractivity contribution is 1.03. The van der Waals surface area contributed by atoms with Crippen LogP contribution in [0.1, 0.15) is 39.3 Å². The number of benzene rings is 6. The van der Waals surface area contributed by atoms with Gasteiger partial charge in [-0.3, -0.25) is 0 Å². The summed E-state index contributed by atoms with van der Waals surface area (Å²) in [5.41, 5.74) is 11.7. The van der Waals surface area contributed by atoms with E-state index in [1.807, 2.05) is 0 Å². The predicted octanol–water partition coefficient (Wildman–Crippen LogP) is 8.19. The van der Waals surface area contributed by atoms with Gasteiger partial charge >= 0.3 is 0 Å². The predicted molar refractivity (Wildman–Crippen MR) is 171 cm³/mol. The maximum absolute atomic E-state index is 2.42. The normalized spacial score (nSPS) is 14.2. The molecule has 0 bridgehead atoms. The van der Waals surface area contributed by atoms with E-state index in [4.69, 9.17) is 0 Å². The number of allylic oxidation sites excluding steroid dienone is 1. The zero-order chi connectivity index (χ0) is 27.2. The number of hydrogen-bond donors (Lipinski definition) is 0. The Morgan fingerprint density at radius 2 is 1.15 bits per heavy atom. The Kier molecular flexibility index (Phi) is 5.64. The van der Waals surface area contributed by atoms with Crippen LogP contribution in [0, 0.1) is 10.4 Å². The lowest BCUT2D eigenvalue weighted by Crippen LogP contribution is -2.20. The van der Waals surface area contributed by atoms with Crippen molar-refractivity contribution in [3.63, 3.8) is 0 Å². The highest BCUT2D eigenvalue weighted by Gasteiger charge is 2.27. The van der Waals surface area contributed by atoms with E-state index in [-0.39, 0.29) is 5.92 Å². The van der Waals surface area contributed by atoms with Crippen LogP contribution in [0.4, 0.5) is 0 Å². The van der Waals surface area contributed by atoms with Crippen molar-refractivity contribution in [1.82, 2.24) is 0 Å². The molecule has 0 aromatic heterocycles. The van der Waals surface area contributed by atoms with E-state index >= 15 is 0 Å². The standard InChI is InChI=1S/C41H28/c1-4-13-28(14-5-1)34-22-12-20-31-23-24-37(40(31)34)41-36(26-25-35-33-21-11-10-19-32(33)27-38(35)41)39(29-15-6-2-7-16-29)30-17-8-3-9-18-30/h1-27,37H. The fraction of sp³-hybridized carbons (Fsp3) is 0.0244. The third-order valence-corrected chi connectivity index (χ3v) is 8.55. The molecule has 0 aliphatic heterocycles. The second-order valence-corrected chi connectivity index (χ2v) is 10.8. The van der Waals surface area contributed by atoms with Crippen LogP contribution in [0.5, 0.6) is 0 Å². The van der Waals surface area contributed by atoms with E-state index in [0.717, 1.165) is 0 Å². The van der Waals surface area contributed by atoms with Gasteiger partial charge in [0, 0.05) is 5.92 Å². The van der Waals surface area contributed by atoms with E-state index in [2.05, 4.69) is 164 Å². The van der Waals surface area contributed by atoms with Crippen LogP contribution in [-0.4, -0.2) is 0 Å². The molecule has 0 fully saturated rings. The zero-order valence-corrected chi connectivity index (χ0v) is 22.7. The van der Waals surface area contributed by atoms with Gasteiger partial charge in [0.05, 0.1) is 0 Å². The lowest BCUT2D eigenvalue weighted by Gasteiger charge is -2.21. The van der Waals surface area contributed by atoms with Gasteiger partial charge in [-0.15, -0.1) is 0 Å². The summed E-state index contributed by atoms with van der Waals surface area (Å²) in [7, 11) is 0. The topological polar surface area (TPSA) is 0 Å². The molecule has 2 aliphatic rings. The molecule has 1 atom stereocenters. The van der Waals surface area contributed by atoms with Gasteiger partial charge in [-0.1, -0.05) is 158 Å². The first-order valence-corrected chi connectivity index (χ1v) is 14.3. The Balaban J connectivity index is 1.53. The summed E-state index contributed by atoms with van der Waals surface area (Å²) < 4.78 is 0. The Morgan fingerprint density at radius 1 is 0.488 bits per heavy atom. The van der Waals surface area contributed by atoms with Gasteiger partial charge in [-0.25, -0.2) is 0 Å². The molecule has 2 aliphatic carbocycles. The second kappa shape index (κ2) is 9.77. The second-order valence-electron chi connectivity index (χ2n) is 10.8. The molecular weight excluding hydrogens is 492 g/mol. The van der Waals surface area contributed by atoms with Crippen molar-refractivity contribution in [2.45, 2.75) is 5.92 Å². The van der Waals surface area contributed by atoms with Crippen LogP contribution in [0.2, 0.25) is 0 Å². The molecule has 0 heterocycles. The van der Waals surface area contributed by atoms with Crippen LogP contribution >= 0.6 is 0 Å². The van der Waals surface area contributed by atoms with Crippen molar-refractivity contribution in [3.05, 3.63) is 206 Å². The van der Waals surface area contributed by atoms with Crippen LogP contribution in [-0.2, 0) is 0 Å². The largest absolute Gasteiger partial charge is 0.0720 e. The number of hydrogen-bond acceptors (Lipinski definition) is 0. The molecule has 0 heteroatoms. The average molecular weight is 521 g/mol.